The van der Waals surface area contributed by atoms with Gasteiger partial charge in [0, 0.05) is 6.42 Å². The second-order valence-corrected chi connectivity index (χ2v) is 4.08. The fourth-order valence-corrected chi connectivity index (χ4v) is 1.61. The lowest BCUT2D eigenvalue weighted by atomic mass is 10.1. The molecule has 1 unspecified atom stereocenters. The number of ether oxygens (including phenoxy) is 1. The number of aliphatic carboxylic acids is 1. The van der Waals surface area contributed by atoms with Gasteiger partial charge in [-0.05, 0) is 25.5 Å². The molecule has 0 spiro atoms. The number of aryl methyl sites for hydroxylation is 2. The van der Waals surface area contributed by atoms with Crippen LogP contribution in [0.5, 0.6) is 5.75 Å². The third kappa shape index (κ3) is 4.08. The first kappa shape index (κ1) is 14.0. The van der Waals surface area contributed by atoms with Crippen molar-refractivity contribution in [2.24, 2.45) is 0 Å². The van der Waals surface area contributed by atoms with Gasteiger partial charge in [-0.25, -0.2) is 4.79 Å². The van der Waals surface area contributed by atoms with Gasteiger partial charge in [-0.2, -0.15) is 0 Å². The number of hydrogen-bond donors (Lipinski definition) is 2. The molecule has 98 valence electrons. The first-order valence-corrected chi connectivity index (χ1v) is 5.67. The van der Waals surface area contributed by atoms with Crippen LogP contribution in [0.3, 0.4) is 0 Å². The Morgan fingerprint density at radius 3 is 2.78 bits per heavy atom. The fourth-order valence-electron chi connectivity index (χ4n) is 1.61. The summed E-state index contributed by atoms with van der Waals surface area (Å²) < 4.78 is 5.50. The molecule has 1 rings (SSSR count). The monoisotopic (exact) mass is 251 g/mol. The minimum atomic E-state index is -1.06. The van der Waals surface area contributed by atoms with Gasteiger partial charge < -0.3 is 15.2 Å². The van der Waals surface area contributed by atoms with E-state index in [2.05, 4.69) is 5.32 Å². The summed E-state index contributed by atoms with van der Waals surface area (Å²) in [6, 6.07) is 4.87. The molecule has 0 fully saturated rings. The number of amides is 1. The van der Waals surface area contributed by atoms with E-state index in [1.807, 2.05) is 32.0 Å². The van der Waals surface area contributed by atoms with Crippen LogP contribution in [0.1, 0.15) is 17.5 Å². The van der Waals surface area contributed by atoms with Crippen molar-refractivity contribution >= 4 is 12.4 Å². The van der Waals surface area contributed by atoms with E-state index in [9.17, 15) is 9.59 Å². The van der Waals surface area contributed by atoms with Crippen LogP contribution in [0.25, 0.3) is 0 Å². The van der Waals surface area contributed by atoms with E-state index >= 15 is 0 Å². The van der Waals surface area contributed by atoms with Gasteiger partial charge in [0.2, 0.25) is 6.41 Å². The Bertz CT molecular complexity index is 431. The molecule has 0 bridgehead atoms. The molecule has 0 aliphatic carbocycles. The maximum absolute atomic E-state index is 10.8. The summed E-state index contributed by atoms with van der Waals surface area (Å²) in [6.45, 7) is 4.16. The summed E-state index contributed by atoms with van der Waals surface area (Å²) >= 11 is 0. The number of nitrogens with one attached hydrogen (secondary N) is 1. The number of rotatable bonds is 7. The first-order valence-electron chi connectivity index (χ1n) is 5.67. The average Bonchev–Trinajstić information content (AvgIpc) is 2.30. The van der Waals surface area contributed by atoms with Gasteiger partial charge in [0.05, 0.1) is 6.61 Å². The quantitative estimate of drug-likeness (QED) is 0.716. The van der Waals surface area contributed by atoms with Crippen molar-refractivity contribution in [1.29, 1.82) is 0 Å². The Labute approximate surface area is 106 Å². The van der Waals surface area contributed by atoms with E-state index in [1.165, 1.54) is 0 Å². The zero-order valence-electron chi connectivity index (χ0n) is 10.5. The van der Waals surface area contributed by atoms with Crippen LogP contribution in [0, 0.1) is 13.8 Å². The molecule has 1 aromatic rings. The highest BCUT2D eigenvalue weighted by atomic mass is 16.5. The average molecular weight is 251 g/mol. The third-order valence-electron chi connectivity index (χ3n) is 2.56. The maximum Gasteiger partial charge on any atom is 0.326 e. The number of carbonyl (C=O) groups excluding carboxylic acids is 1. The molecule has 1 amide bonds. The van der Waals surface area contributed by atoms with Gasteiger partial charge >= 0.3 is 5.97 Å². The summed E-state index contributed by atoms with van der Waals surface area (Å²) in [4.78, 5) is 21.0. The van der Waals surface area contributed by atoms with Crippen LogP contribution in [-0.4, -0.2) is 30.1 Å². The van der Waals surface area contributed by atoms with Crippen LogP contribution in [0.4, 0.5) is 0 Å². The van der Waals surface area contributed by atoms with Crippen LogP contribution < -0.4 is 10.1 Å². The lowest BCUT2D eigenvalue weighted by Gasteiger charge is -2.13. The highest BCUT2D eigenvalue weighted by molar-refractivity contribution is 5.76. The van der Waals surface area contributed by atoms with Crippen LogP contribution in [-0.2, 0) is 9.59 Å². The summed E-state index contributed by atoms with van der Waals surface area (Å²) in [5.74, 6) is -0.331. The number of benzene rings is 1. The minimum absolute atomic E-state index is 0.224. The van der Waals surface area contributed by atoms with E-state index < -0.39 is 12.0 Å². The highest BCUT2D eigenvalue weighted by Gasteiger charge is 2.15. The summed E-state index contributed by atoms with van der Waals surface area (Å²) in [7, 11) is 0. The highest BCUT2D eigenvalue weighted by Crippen LogP contribution is 2.18. The lowest BCUT2D eigenvalue weighted by molar-refractivity contribution is -0.140. The second kappa shape index (κ2) is 6.64. The summed E-state index contributed by atoms with van der Waals surface area (Å²) in [6.07, 6.45) is 0.608. The molecule has 0 saturated heterocycles. The number of carbonyl (C=O) groups is 2. The Kier molecular flexibility index (Phi) is 5.17. The van der Waals surface area contributed by atoms with Crippen LogP contribution in [0.2, 0.25) is 0 Å². The van der Waals surface area contributed by atoms with Crippen molar-refractivity contribution in [2.45, 2.75) is 26.3 Å². The molecular weight excluding hydrogens is 234 g/mol. The molecule has 0 heterocycles. The second-order valence-electron chi connectivity index (χ2n) is 4.08. The molecule has 1 aromatic carbocycles. The van der Waals surface area contributed by atoms with Gasteiger partial charge in [-0.15, -0.1) is 0 Å². The predicted octanol–water partition coefficient (Wildman–Crippen LogP) is 1.27. The largest absolute Gasteiger partial charge is 0.493 e. The number of hydrogen-bond acceptors (Lipinski definition) is 3. The molecule has 18 heavy (non-hydrogen) atoms. The Morgan fingerprint density at radius 1 is 1.50 bits per heavy atom. The Morgan fingerprint density at radius 2 is 2.22 bits per heavy atom. The molecule has 0 saturated carbocycles. The van der Waals surface area contributed by atoms with E-state index in [1.54, 1.807) is 0 Å². The topological polar surface area (TPSA) is 75.6 Å². The molecule has 5 nitrogen and oxygen atoms in total. The van der Waals surface area contributed by atoms with Gasteiger partial charge in [0.15, 0.2) is 0 Å². The van der Waals surface area contributed by atoms with Crippen molar-refractivity contribution in [1.82, 2.24) is 5.32 Å². The molecule has 1 atom stereocenters. The Hall–Kier alpha value is -2.04. The summed E-state index contributed by atoms with van der Waals surface area (Å²) in [5, 5.41) is 11.0. The molecule has 2 N–H and O–H groups in total. The zero-order chi connectivity index (χ0) is 13.5. The Balaban J connectivity index is 2.49. The molecule has 0 radical (unpaired) electrons. The molecule has 5 heteroatoms. The van der Waals surface area contributed by atoms with E-state index in [4.69, 9.17) is 9.84 Å². The SMILES string of the molecule is Cc1ccc(OCCC(NC=O)C(=O)O)c(C)c1. The van der Waals surface area contributed by atoms with Gasteiger partial charge in [0.25, 0.3) is 0 Å². The fraction of sp³-hybridized carbons (Fsp3) is 0.385. The first-order chi connectivity index (χ1) is 8.54. The molecule has 0 aliphatic heterocycles. The standard InChI is InChI=1S/C13H17NO4/c1-9-3-4-12(10(2)7-9)18-6-5-11(13(16)17)14-8-15/h3-4,7-8,11H,5-6H2,1-2H3,(H,14,15)(H,16,17). The maximum atomic E-state index is 10.8. The van der Waals surface area contributed by atoms with E-state index in [0.717, 1.165) is 16.9 Å². The minimum Gasteiger partial charge on any atom is -0.493 e. The number of carboxylic acid groups (broad SMARTS) is 1. The smallest absolute Gasteiger partial charge is 0.326 e. The van der Waals surface area contributed by atoms with Crippen molar-refractivity contribution < 1.29 is 19.4 Å². The normalized spacial score (nSPS) is 11.7. The van der Waals surface area contributed by atoms with Crippen molar-refractivity contribution in [3.05, 3.63) is 29.3 Å². The predicted molar refractivity (Wildman–Crippen MR) is 66.7 cm³/mol. The zero-order valence-corrected chi connectivity index (χ0v) is 10.5. The van der Waals surface area contributed by atoms with Crippen LogP contribution in [0.15, 0.2) is 18.2 Å². The van der Waals surface area contributed by atoms with E-state index in [-0.39, 0.29) is 13.0 Å². The molecule has 0 aliphatic rings. The van der Waals surface area contributed by atoms with Gasteiger partial charge in [-0.1, -0.05) is 17.7 Å². The molecule has 0 aromatic heterocycles. The third-order valence-corrected chi connectivity index (χ3v) is 2.56. The van der Waals surface area contributed by atoms with Crippen LogP contribution >= 0.6 is 0 Å². The van der Waals surface area contributed by atoms with Crippen molar-refractivity contribution in [3.63, 3.8) is 0 Å². The molecular formula is C13H17NO4. The number of carboxylic acids is 1. The van der Waals surface area contributed by atoms with Crippen molar-refractivity contribution in [3.8, 4) is 5.75 Å². The van der Waals surface area contributed by atoms with E-state index in [0.29, 0.717) is 6.41 Å². The van der Waals surface area contributed by atoms with Gasteiger partial charge in [0.1, 0.15) is 11.8 Å². The van der Waals surface area contributed by atoms with Gasteiger partial charge in [-0.3, -0.25) is 4.79 Å². The summed E-state index contributed by atoms with van der Waals surface area (Å²) in [5.41, 5.74) is 2.15. The van der Waals surface area contributed by atoms with Crippen molar-refractivity contribution in [2.75, 3.05) is 6.61 Å². The lowest BCUT2D eigenvalue weighted by Crippen LogP contribution is -2.36.